The van der Waals surface area contributed by atoms with E-state index in [4.69, 9.17) is 14.1 Å². The molecule has 1 saturated heterocycles. The van der Waals surface area contributed by atoms with Crippen molar-refractivity contribution in [2.75, 3.05) is 19.6 Å². The van der Waals surface area contributed by atoms with E-state index in [0.717, 1.165) is 5.56 Å². The van der Waals surface area contributed by atoms with Crippen LogP contribution in [0, 0.1) is 6.92 Å². The molecule has 9 nitrogen and oxygen atoms in total. The van der Waals surface area contributed by atoms with Gasteiger partial charge in [0, 0.05) is 13.1 Å². The minimum absolute atomic E-state index is 0.146. The Labute approximate surface area is 185 Å². The van der Waals surface area contributed by atoms with E-state index in [0.29, 0.717) is 30.0 Å². The Kier molecular flexibility index (Phi) is 6.46. The molecule has 9 heteroatoms. The maximum absolute atomic E-state index is 13.3. The number of ether oxygens (including phenoxy) is 1. The lowest BCUT2D eigenvalue weighted by atomic mass is 10.1. The van der Waals surface area contributed by atoms with Gasteiger partial charge in [0.25, 0.3) is 11.8 Å². The topological polar surface area (TPSA) is 98.0 Å². The number of benzene rings is 2. The third-order valence-corrected chi connectivity index (χ3v) is 4.97. The van der Waals surface area contributed by atoms with Crippen LogP contribution in [0.2, 0.25) is 0 Å². The number of carbonyl (C=O) groups excluding carboxylic acids is 2. The molecule has 1 fully saturated rings. The highest BCUT2D eigenvalue weighted by Gasteiger charge is 2.30. The molecule has 2 aromatic carbocycles. The zero-order chi connectivity index (χ0) is 22.5. The Balaban J connectivity index is 1.44. The predicted octanol–water partition coefficient (Wildman–Crippen LogP) is 3.46. The summed E-state index contributed by atoms with van der Waals surface area (Å²) in [6, 6.07) is 16.5. The molecule has 2 heterocycles. The van der Waals surface area contributed by atoms with E-state index in [1.54, 1.807) is 36.9 Å². The summed E-state index contributed by atoms with van der Waals surface area (Å²) in [6.45, 7) is 4.46. The molecule has 166 valence electrons. The molecule has 0 unspecified atom stereocenters. The van der Waals surface area contributed by atoms with Gasteiger partial charge in [0.2, 0.25) is 0 Å². The molecule has 1 aliphatic heterocycles. The van der Waals surface area contributed by atoms with Crippen molar-refractivity contribution in [3.05, 3.63) is 71.5 Å². The van der Waals surface area contributed by atoms with Crippen LogP contribution >= 0.6 is 0 Å². The van der Waals surface area contributed by atoms with Crippen LogP contribution < -0.4 is 0 Å². The van der Waals surface area contributed by atoms with Crippen LogP contribution in [-0.2, 0) is 16.2 Å². The van der Waals surface area contributed by atoms with E-state index in [2.05, 4.69) is 10.1 Å². The van der Waals surface area contributed by atoms with Crippen LogP contribution in [0.3, 0.4) is 0 Å². The van der Waals surface area contributed by atoms with E-state index in [-0.39, 0.29) is 24.9 Å². The lowest BCUT2D eigenvalue weighted by molar-refractivity contribution is -0.159. The Morgan fingerprint density at radius 1 is 1.09 bits per heavy atom. The SMILES string of the molecule is Cc1noc(-c2ccccc2C(=O)N2CCN(C(=O)OCc3ccccc3)O[C@@H](C)C2)n1. The molecule has 0 saturated carbocycles. The molecule has 1 atom stereocenters. The molecule has 1 aromatic heterocycles. The van der Waals surface area contributed by atoms with Crippen molar-refractivity contribution in [3.63, 3.8) is 0 Å². The third kappa shape index (κ3) is 4.94. The van der Waals surface area contributed by atoms with Gasteiger partial charge in [-0.05, 0) is 31.5 Å². The lowest BCUT2D eigenvalue weighted by Crippen LogP contribution is -2.37. The van der Waals surface area contributed by atoms with E-state index < -0.39 is 12.2 Å². The highest BCUT2D eigenvalue weighted by Crippen LogP contribution is 2.24. The third-order valence-electron chi connectivity index (χ3n) is 4.97. The summed E-state index contributed by atoms with van der Waals surface area (Å²) in [5.41, 5.74) is 1.90. The molecule has 1 aliphatic rings. The van der Waals surface area contributed by atoms with Gasteiger partial charge in [0.05, 0.1) is 17.7 Å². The van der Waals surface area contributed by atoms with Gasteiger partial charge >= 0.3 is 6.09 Å². The van der Waals surface area contributed by atoms with Crippen molar-refractivity contribution in [1.29, 1.82) is 0 Å². The van der Waals surface area contributed by atoms with Crippen molar-refractivity contribution in [3.8, 4) is 11.5 Å². The van der Waals surface area contributed by atoms with Gasteiger partial charge in [-0.2, -0.15) is 10.0 Å². The Morgan fingerprint density at radius 2 is 1.84 bits per heavy atom. The quantitative estimate of drug-likeness (QED) is 0.618. The van der Waals surface area contributed by atoms with Crippen LogP contribution in [0.1, 0.15) is 28.7 Å². The molecule has 0 radical (unpaired) electrons. The van der Waals surface area contributed by atoms with Crippen LogP contribution in [0.25, 0.3) is 11.5 Å². The average Bonchev–Trinajstić information content (AvgIpc) is 3.15. The van der Waals surface area contributed by atoms with Crippen LogP contribution in [0.5, 0.6) is 0 Å². The minimum Gasteiger partial charge on any atom is -0.443 e. The van der Waals surface area contributed by atoms with Gasteiger partial charge in [0.15, 0.2) is 5.82 Å². The number of hydrogen-bond donors (Lipinski definition) is 0. The highest BCUT2D eigenvalue weighted by atomic mass is 16.7. The predicted molar refractivity (Wildman–Crippen MR) is 114 cm³/mol. The molecule has 0 bridgehead atoms. The summed E-state index contributed by atoms with van der Waals surface area (Å²) in [7, 11) is 0. The average molecular weight is 436 g/mol. The largest absolute Gasteiger partial charge is 0.443 e. The first-order valence-electron chi connectivity index (χ1n) is 10.3. The molecule has 3 aromatic rings. The Hall–Kier alpha value is -3.72. The molecule has 0 N–H and O–H groups in total. The zero-order valence-corrected chi connectivity index (χ0v) is 17.9. The lowest BCUT2D eigenvalue weighted by Gasteiger charge is -2.22. The fraction of sp³-hybridized carbons (Fsp3) is 0.304. The van der Waals surface area contributed by atoms with Crippen molar-refractivity contribution in [1.82, 2.24) is 20.1 Å². The first kappa shape index (κ1) is 21.5. The van der Waals surface area contributed by atoms with Crippen LogP contribution in [-0.4, -0.2) is 57.8 Å². The summed E-state index contributed by atoms with van der Waals surface area (Å²) >= 11 is 0. The van der Waals surface area contributed by atoms with Gasteiger partial charge in [-0.25, -0.2) is 4.79 Å². The van der Waals surface area contributed by atoms with Crippen molar-refractivity contribution in [2.45, 2.75) is 26.6 Å². The Bertz CT molecular complexity index is 1080. The maximum Gasteiger partial charge on any atom is 0.434 e. The van der Waals surface area contributed by atoms with Gasteiger partial charge in [0.1, 0.15) is 12.7 Å². The number of hydrogen-bond acceptors (Lipinski definition) is 7. The summed E-state index contributed by atoms with van der Waals surface area (Å²) < 4.78 is 10.6. The highest BCUT2D eigenvalue weighted by molar-refractivity contribution is 6.00. The van der Waals surface area contributed by atoms with Gasteiger partial charge < -0.3 is 14.2 Å². The molecule has 2 amide bonds. The van der Waals surface area contributed by atoms with E-state index in [1.165, 1.54) is 5.06 Å². The first-order valence-corrected chi connectivity index (χ1v) is 10.3. The molecule has 0 aliphatic carbocycles. The van der Waals surface area contributed by atoms with Crippen LogP contribution in [0.15, 0.2) is 59.1 Å². The number of nitrogens with zero attached hydrogens (tertiary/aromatic N) is 4. The van der Waals surface area contributed by atoms with Gasteiger partial charge in [-0.3, -0.25) is 9.63 Å². The fourth-order valence-corrected chi connectivity index (χ4v) is 3.46. The van der Waals surface area contributed by atoms with E-state index >= 15 is 0 Å². The maximum atomic E-state index is 13.3. The summed E-state index contributed by atoms with van der Waals surface area (Å²) in [5, 5.41) is 4.99. The number of hydroxylamine groups is 2. The number of aromatic nitrogens is 2. The fourth-order valence-electron chi connectivity index (χ4n) is 3.46. The normalized spacial score (nSPS) is 16.5. The van der Waals surface area contributed by atoms with E-state index in [9.17, 15) is 9.59 Å². The molecule has 4 rings (SSSR count). The van der Waals surface area contributed by atoms with Gasteiger partial charge in [-0.1, -0.05) is 47.6 Å². The number of amides is 2. The first-order chi connectivity index (χ1) is 15.5. The number of carbonyl (C=O) groups is 2. The summed E-state index contributed by atoms with van der Waals surface area (Å²) in [5.74, 6) is 0.576. The standard InChI is InChI=1S/C23H24N4O5/c1-16-14-26(12-13-27(32-16)23(29)30-15-18-8-4-3-5-9-18)22(28)20-11-7-6-10-19(20)21-24-17(2)25-31-21/h3-11,16H,12-15H2,1-2H3/t16-/m0/s1. The van der Waals surface area contributed by atoms with Gasteiger partial charge in [-0.15, -0.1) is 0 Å². The monoisotopic (exact) mass is 436 g/mol. The smallest absolute Gasteiger partial charge is 0.434 e. The van der Waals surface area contributed by atoms with E-state index in [1.807, 2.05) is 36.4 Å². The van der Waals surface area contributed by atoms with Crippen molar-refractivity contribution in [2.24, 2.45) is 0 Å². The zero-order valence-electron chi connectivity index (χ0n) is 17.9. The second kappa shape index (κ2) is 9.61. The number of aryl methyl sites for hydroxylation is 1. The van der Waals surface area contributed by atoms with Crippen molar-refractivity contribution >= 4 is 12.0 Å². The molecular formula is C23H24N4O5. The second-order valence-electron chi connectivity index (χ2n) is 7.50. The summed E-state index contributed by atoms with van der Waals surface area (Å²) in [6.07, 6.45) is -0.986. The van der Waals surface area contributed by atoms with Crippen molar-refractivity contribution < 1.29 is 23.7 Å². The molecule has 0 spiro atoms. The second-order valence-corrected chi connectivity index (χ2v) is 7.50. The minimum atomic E-state index is -0.586. The molecule has 32 heavy (non-hydrogen) atoms. The summed E-state index contributed by atoms with van der Waals surface area (Å²) in [4.78, 5) is 37.4. The Morgan fingerprint density at radius 3 is 2.59 bits per heavy atom. The number of rotatable bonds is 4. The molecular weight excluding hydrogens is 412 g/mol. The van der Waals surface area contributed by atoms with Crippen LogP contribution in [0.4, 0.5) is 4.79 Å².